The molecule has 0 aromatic heterocycles. The van der Waals surface area contributed by atoms with Crippen LogP contribution in [0, 0.1) is 5.92 Å². The Balaban J connectivity index is 1.91. The van der Waals surface area contributed by atoms with Crippen molar-refractivity contribution in [3.8, 4) is 5.75 Å². The van der Waals surface area contributed by atoms with Gasteiger partial charge in [0.05, 0.1) is 17.6 Å². The topological polar surface area (TPSA) is 33.3 Å². The summed E-state index contributed by atoms with van der Waals surface area (Å²) < 4.78 is 6.23. The molecule has 0 heterocycles. The molecule has 1 aliphatic carbocycles. The third-order valence-corrected chi connectivity index (χ3v) is 5.31. The van der Waals surface area contributed by atoms with E-state index in [9.17, 15) is 0 Å². The summed E-state index contributed by atoms with van der Waals surface area (Å²) in [6.45, 7) is 4.43. The molecular formula is C17H25BrN2OS. The zero-order valence-corrected chi connectivity index (χ0v) is 15.9. The van der Waals surface area contributed by atoms with E-state index in [0.29, 0.717) is 12.0 Å². The van der Waals surface area contributed by atoms with E-state index in [4.69, 9.17) is 17.0 Å². The molecule has 0 spiro atoms. The molecule has 5 heteroatoms. The van der Waals surface area contributed by atoms with Crippen molar-refractivity contribution in [1.29, 1.82) is 0 Å². The second kappa shape index (κ2) is 8.16. The van der Waals surface area contributed by atoms with Crippen molar-refractivity contribution in [3.05, 3.63) is 28.2 Å². The van der Waals surface area contributed by atoms with Gasteiger partial charge in [-0.3, -0.25) is 0 Å². The van der Waals surface area contributed by atoms with Crippen molar-refractivity contribution in [2.75, 3.05) is 7.11 Å². The molecule has 22 heavy (non-hydrogen) atoms. The molecule has 0 radical (unpaired) electrons. The number of benzene rings is 1. The van der Waals surface area contributed by atoms with Gasteiger partial charge in [0.15, 0.2) is 5.11 Å². The first kappa shape index (κ1) is 17.5. The average molecular weight is 385 g/mol. The lowest BCUT2D eigenvalue weighted by atomic mass is 9.86. The second-order valence-corrected chi connectivity index (χ2v) is 7.36. The molecule has 0 amide bonds. The standard InChI is InChI=1S/C17H25BrN2OS/c1-11-6-4-5-7-15(11)20-17(22)19-12(2)13-8-9-16(21-3)14(18)10-13/h8-12,15H,4-7H2,1-3H3,(H2,19,20,22)/t11-,12-,15-/m0/s1. The van der Waals surface area contributed by atoms with E-state index in [-0.39, 0.29) is 6.04 Å². The van der Waals surface area contributed by atoms with Crippen LogP contribution in [0.15, 0.2) is 22.7 Å². The fraction of sp³-hybridized carbons (Fsp3) is 0.588. The number of hydrogen-bond donors (Lipinski definition) is 2. The Bertz CT molecular complexity index is 523. The van der Waals surface area contributed by atoms with Crippen molar-refractivity contribution in [2.24, 2.45) is 5.92 Å². The van der Waals surface area contributed by atoms with E-state index in [0.717, 1.165) is 15.3 Å². The lowest BCUT2D eigenvalue weighted by Gasteiger charge is -2.31. The van der Waals surface area contributed by atoms with E-state index in [1.165, 1.54) is 31.2 Å². The molecule has 122 valence electrons. The van der Waals surface area contributed by atoms with Crippen molar-refractivity contribution in [3.63, 3.8) is 0 Å². The van der Waals surface area contributed by atoms with Crippen LogP contribution < -0.4 is 15.4 Å². The molecule has 0 unspecified atom stereocenters. The summed E-state index contributed by atoms with van der Waals surface area (Å²) in [7, 11) is 1.67. The minimum Gasteiger partial charge on any atom is -0.496 e. The minimum absolute atomic E-state index is 0.154. The molecule has 1 aromatic carbocycles. The first-order chi connectivity index (χ1) is 10.5. The van der Waals surface area contributed by atoms with E-state index >= 15 is 0 Å². The van der Waals surface area contributed by atoms with Gasteiger partial charge in [-0.1, -0.05) is 25.8 Å². The molecule has 1 aliphatic rings. The van der Waals surface area contributed by atoms with Gasteiger partial charge in [-0.15, -0.1) is 0 Å². The summed E-state index contributed by atoms with van der Waals surface area (Å²) in [5, 5.41) is 7.63. The highest BCUT2D eigenvalue weighted by Crippen LogP contribution is 2.28. The molecule has 0 bridgehead atoms. The predicted octanol–water partition coefficient (Wildman–Crippen LogP) is 4.56. The van der Waals surface area contributed by atoms with Crippen molar-refractivity contribution in [1.82, 2.24) is 10.6 Å². The maximum absolute atomic E-state index is 5.49. The molecule has 0 saturated heterocycles. The summed E-state index contributed by atoms with van der Waals surface area (Å²) in [5.74, 6) is 1.53. The Hall–Kier alpha value is -0.810. The fourth-order valence-electron chi connectivity index (χ4n) is 2.97. The normalized spacial score (nSPS) is 22.7. The largest absolute Gasteiger partial charge is 0.496 e. The summed E-state index contributed by atoms with van der Waals surface area (Å²) >= 11 is 9.01. The number of ether oxygens (including phenoxy) is 1. The van der Waals surface area contributed by atoms with Crippen LogP contribution in [-0.2, 0) is 0 Å². The van der Waals surface area contributed by atoms with Crippen LogP contribution >= 0.6 is 28.1 Å². The summed E-state index contributed by atoms with van der Waals surface area (Å²) in [5.41, 5.74) is 1.17. The summed E-state index contributed by atoms with van der Waals surface area (Å²) in [4.78, 5) is 0. The highest BCUT2D eigenvalue weighted by molar-refractivity contribution is 9.10. The second-order valence-electron chi connectivity index (χ2n) is 6.10. The number of hydrogen-bond acceptors (Lipinski definition) is 2. The van der Waals surface area contributed by atoms with Crippen LogP contribution in [0.2, 0.25) is 0 Å². The molecule has 2 rings (SSSR count). The summed E-state index contributed by atoms with van der Waals surface area (Å²) in [6.07, 6.45) is 5.15. The average Bonchev–Trinajstić information content (AvgIpc) is 2.49. The monoisotopic (exact) mass is 384 g/mol. The maximum atomic E-state index is 5.49. The molecule has 1 fully saturated rings. The molecule has 1 saturated carbocycles. The number of rotatable bonds is 4. The van der Waals surface area contributed by atoms with E-state index in [2.05, 4.69) is 52.5 Å². The van der Waals surface area contributed by atoms with Crippen molar-refractivity contribution >= 4 is 33.3 Å². The molecule has 3 nitrogen and oxygen atoms in total. The third-order valence-electron chi connectivity index (χ3n) is 4.45. The number of thiocarbonyl (C=S) groups is 1. The lowest BCUT2D eigenvalue weighted by molar-refractivity contribution is 0.307. The van der Waals surface area contributed by atoms with Gasteiger partial charge in [0, 0.05) is 6.04 Å². The van der Waals surface area contributed by atoms with E-state index in [1.54, 1.807) is 7.11 Å². The molecule has 3 atom stereocenters. The third kappa shape index (κ3) is 4.59. The first-order valence-electron chi connectivity index (χ1n) is 7.91. The van der Waals surface area contributed by atoms with Crippen molar-refractivity contribution < 1.29 is 4.74 Å². The maximum Gasteiger partial charge on any atom is 0.166 e. The Morgan fingerprint density at radius 3 is 2.73 bits per heavy atom. The van der Waals surface area contributed by atoms with Gasteiger partial charge >= 0.3 is 0 Å². The van der Waals surface area contributed by atoms with Crippen LogP contribution in [0.1, 0.15) is 51.1 Å². The fourth-order valence-corrected chi connectivity index (χ4v) is 3.86. The molecular weight excluding hydrogens is 360 g/mol. The predicted molar refractivity (Wildman–Crippen MR) is 99.4 cm³/mol. The summed E-state index contributed by atoms with van der Waals surface area (Å²) in [6, 6.07) is 6.76. The van der Waals surface area contributed by atoms with Crippen LogP contribution in [0.3, 0.4) is 0 Å². The Morgan fingerprint density at radius 2 is 2.09 bits per heavy atom. The molecule has 0 aliphatic heterocycles. The minimum atomic E-state index is 0.154. The number of nitrogens with one attached hydrogen (secondary N) is 2. The van der Waals surface area contributed by atoms with Crippen LogP contribution in [0.4, 0.5) is 0 Å². The highest BCUT2D eigenvalue weighted by atomic mass is 79.9. The zero-order valence-electron chi connectivity index (χ0n) is 13.5. The Morgan fingerprint density at radius 1 is 1.36 bits per heavy atom. The Labute approximate surface area is 147 Å². The van der Waals surface area contributed by atoms with Crippen LogP contribution in [0.5, 0.6) is 5.75 Å². The molecule has 1 aromatic rings. The molecule has 2 N–H and O–H groups in total. The SMILES string of the molecule is COc1ccc([C@H](C)NC(=S)N[C@H]2CCCC[C@@H]2C)cc1Br. The van der Waals surface area contributed by atoms with Crippen molar-refractivity contribution in [2.45, 2.75) is 51.6 Å². The smallest absolute Gasteiger partial charge is 0.166 e. The van der Waals surface area contributed by atoms with Gasteiger partial charge in [-0.25, -0.2) is 0 Å². The lowest BCUT2D eigenvalue weighted by Crippen LogP contribution is -2.46. The number of halogens is 1. The first-order valence-corrected chi connectivity index (χ1v) is 9.12. The quantitative estimate of drug-likeness (QED) is 0.745. The highest BCUT2D eigenvalue weighted by Gasteiger charge is 2.22. The van der Waals surface area contributed by atoms with Gasteiger partial charge in [0.25, 0.3) is 0 Å². The van der Waals surface area contributed by atoms with E-state index < -0.39 is 0 Å². The van der Waals surface area contributed by atoms with Gasteiger partial charge in [-0.2, -0.15) is 0 Å². The van der Waals surface area contributed by atoms with Crippen LogP contribution in [0.25, 0.3) is 0 Å². The Kier molecular flexibility index (Phi) is 6.50. The van der Waals surface area contributed by atoms with Gasteiger partial charge < -0.3 is 15.4 Å². The van der Waals surface area contributed by atoms with Crippen LogP contribution in [-0.4, -0.2) is 18.3 Å². The zero-order chi connectivity index (χ0) is 16.1. The van der Waals surface area contributed by atoms with Gasteiger partial charge in [-0.05, 0) is 71.5 Å². The van der Waals surface area contributed by atoms with E-state index in [1.807, 2.05) is 6.07 Å². The van der Waals surface area contributed by atoms with Gasteiger partial charge in [0.2, 0.25) is 0 Å². The van der Waals surface area contributed by atoms with Gasteiger partial charge in [0.1, 0.15) is 5.75 Å². The number of methoxy groups -OCH3 is 1.